The highest BCUT2D eigenvalue weighted by Crippen LogP contribution is 2.23. The van der Waals surface area contributed by atoms with Crippen molar-refractivity contribution < 1.29 is 14.0 Å². The van der Waals surface area contributed by atoms with Gasteiger partial charge in [0.2, 0.25) is 0 Å². The van der Waals surface area contributed by atoms with Crippen LogP contribution in [0.1, 0.15) is 22.8 Å². The van der Waals surface area contributed by atoms with Crippen LogP contribution in [-0.2, 0) is 16.1 Å². The largest absolute Gasteiger partial charge is 0.467 e. The Kier molecular flexibility index (Phi) is 5.83. The lowest BCUT2D eigenvalue weighted by atomic mass is 9.91. The van der Waals surface area contributed by atoms with Gasteiger partial charge >= 0.3 is 11.8 Å². The van der Waals surface area contributed by atoms with Crippen LogP contribution in [0.5, 0.6) is 0 Å². The first-order valence-electron chi connectivity index (χ1n) is 8.42. The van der Waals surface area contributed by atoms with E-state index < -0.39 is 11.8 Å². The number of benzene rings is 2. The molecule has 2 amide bonds. The molecule has 2 aromatic carbocycles. The lowest BCUT2D eigenvalue weighted by Gasteiger charge is -2.18. The predicted molar refractivity (Wildman–Crippen MR) is 98.3 cm³/mol. The summed E-state index contributed by atoms with van der Waals surface area (Å²) in [5.41, 5.74) is 2.16. The van der Waals surface area contributed by atoms with Gasteiger partial charge in [0.15, 0.2) is 0 Å². The zero-order chi connectivity index (χ0) is 18.2. The van der Waals surface area contributed by atoms with Gasteiger partial charge in [0.25, 0.3) is 0 Å². The lowest BCUT2D eigenvalue weighted by Crippen LogP contribution is -2.41. The number of nitrogens with one attached hydrogen (secondary N) is 2. The summed E-state index contributed by atoms with van der Waals surface area (Å²) in [6, 6.07) is 23.3. The fourth-order valence-electron chi connectivity index (χ4n) is 2.73. The highest BCUT2D eigenvalue weighted by Gasteiger charge is 2.18. The molecule has 0 aliphatic carbocycles. The molecule has 0 aliphatic rings. The molecule has 26 heavy (non-hydrogen) atoms. The standard InChI is InChI=1S/C21H20N2O3/c24-20(22-14-18-12-7-13-26-18)21(25)23-15-19(16-8-3-1-4-9-16)17-10-5-2-6-11-17/h1-13,19H,14-15H2,(H,22,24)(H,23,25). The van der Waals surface area contributed by atoms with Crippen molar-refractivity contribution in [2.24, 2.45) is 0 Å². The van der Waals surface area contributed by atoms with Crippen LogP contribution in [0.4, 0.5) is 0 Å². The molecule has 3 aromatic rings. The fraction of sp³-hybridized carbons (Fsp3) is 0.143. The van der Waals surface area contributed by atoms with Gasteiger partial charge in [-0.25, -0.2) is 0 Å². The Bertz CT molecular complexity index is 791. The number of amides is 2. The topological polar surface area (TPSA) is 71.3 Å². The van der Waals surface area contributed by atoms with Crippen LogP contribution in [-0.4, -0.2) is 18.4 Å². The summed E-state index contributed by atoms with van der Waals surface area (Å²) in [7, 11) is 0. The van der Waals surface area contributed by atoms with Crippen molar-refractivity contribution in [2.45, 2.75) is 12.5 Å². The normalized spacial score (nSPS) is 10.5. The Balaban J connectivity index is 1.62. The second-order valence-electron chi connectivity index (χ2n) is 5.85. The average molecular weight is 348 g/mol. The van der Waals surface area contributed by atoms with Gasteiger partial charge in [-0.1, -0.05) is 60.7 Å². The number of hydrogen-bond donors (Lipinski definition) is 2. The van der Waals surface area contributed by atoms with Gasteiger partial charge < -0.3 is 15.1 Å². The van der Waals surface area contributed by atoms with Crippen LogP contribution in [0.15, 0.2) is 83.5 Å². The molecule has 132 valence electrons. The third kappa shape index (κ3) is 4.60. The van der Waals surface area contributed by atoms with Crippen molar-refractivity contribution in [1.29, 1.82) is 0 Å². The lowest BCUT2D eigenvalue weighted by molar-refractivity contribution is -0.139. The van der Waals surface area contributed by atoms with Crippen LogP contribution in [0.3, 0.4) is 0 Å². The molecule has 0 bridgehead atoms. The first-order chi connectivity index (χ1) is 12.7. The number of carbonyl (C=O) groups is 2. The maximum absolute atomic E-state index is 12.1. The summed E-state index contributed by atoms with van der Waals surface area (Å²) < 4.78 is 5.13. The number of hydrogen-bond acceptors (Lipinski definition) is 3. The Morgan fingerprint density at radius 3 is 1.88 bits per heavy atom. The molecule has 0 saturated carbocycles. The third-order valence-electron chi connectivity index (χ3n) is 4.08. The van der Waals surface area contributed by atoms with E-state index in [0.717, 1.165) is 11.1 Å². The molecule has 0 radical (unpaired) electrons. The van der Waals surface area contributed by atoms with E-state index in [2.05, 4.69) is 10.6 Å². The molecule has 5 heteroatoms. The first kappa shape index (κ1) is 17.5. The van der Waals surface area contributed by atoms with E-state index >= 15 is 0 Å². The molecule has 1 aromatic heterocycles. The summed E-state index contributed by atoms with van der Waals surface area (Å²) in [6.07, 6.45) is 1.52. The Labute approximate surface area is 152 Å². The van der Waals surface area contributed by atoms with E-state index in [1.165, 1.54) is 6.26 Å². The van der Waals surface area contributed by atoms with E-state index in [0.29, 0.717) is 12.3 Å². The summed E-state index contributed by atoms with van der Waals surface area (Å²) in [6.45, 7) is 0.515. The quantitative estimate of drug-likeness (QED) is 0.673. The highest BCUT2D eigenvalue weighted by atomic mass is 16.3. The minimum absolute atomic E-state index is 0.0285. The molecule has 2 N–H and O–H groups in total. The molecular formula is C21H20N2O3. The molecule has 5 nitrogen and oxygen atoms in total. The molecule has 0 saturated heterocycles. The second-order valence-corrected chi connectivity index (χ2v) is 5.85. The minimum Gasteiger partial charge on any atom is -0.467 e. The second kappa shape index (κ2) is 8.67. The van der Waals surface area contributed by atoms with Crippen molar-refractivity contribution in [3.8, 4) is 0 Å². The summed E-state index contributed by atoms with van der Waals surface area (Å²) in [5, 5.41) is 5.27. The molecule has 1 heterocycles. The van der Waals surface area contributed by atoms with Crippen LogP contribution in [0.25, 0.3) is 0 Å². The number of furan rings is 1. The average Bonchev–Trinajstić information content (AvgIpc) is 3.21. The summed E-state index contributed by atoms with van der Waals surface area (Å²) in [4.78, 5) is 24.1. The number of rotatable bonds is 6. The van der Waals surface area contributed by atoms with Crippen molar-refractivity contribution in [3.63, 3.8) is 0 Å². The molecule has 3 rings (SSSR count). The van der Waals surface area contributed by atoms with E-state index in [1.54, 1.807) is 12.1 Å². The van der Waals surface area contributed by atoms with Crippen molar-refractivity contribution >= 4 is 11.8 Å². The summed E-state index contributed by atoms with van der Waals surface area (Å²) in [5.74, 6) is -0.772. The number of carbonyl (C=O) groups excluding carboxylic acids is 2. The van der Waals surface area contributed by atoms with Crippen molar-refractivity contribution in [1.82, 2.24) is 10.6 Å². The molecule has 0 spiro atoms. The van der Waals surface area contributed by atoms with Crippen LogP contribution >= 0.6 is 0 Å². The third-order valence-corrected chi connectivity index (χ3v) is 4.08. The van der Waals surface area contributed by atoms with E-state index in [1.807, 2.05) is 60.7 Å². The smallest absolute Gasteiger partial charge is 0.309 e. The molecule has 0 unspecified atom stereocenters. The molecule has 0 fully saturated rings. The monoisotopic (exact) mass is 348 g/mol. The Hall–Kier alpha value is -3.34. The van der Waals surface area contributed by atoms with Gasteiger partial charge in [-0.2, -0.15) is 0 Å². The Morgan fingerprint density at radius 2 is 1.35 bits per heavy atom. The van der Waals surface area contributed by atoms with Crippen LogP contribution in [0, 0.1) is 0 Å². The first-order valence-corrected chi connectivity index (χ1v) is 8.42. The van der Waals surface area contributed by atoms with Gasteiger partial charge in [-0.05, 0) is 23.3 Å². The van der Waals surface area contributed by atoms with Gasteiger partial charge in [0.05, 0.1) is 12.8 Å². The molecule has 0 atom stereocenters. The fourth-order valence-corrected chi connectivity index (χ4v) is 2.73. The maximum Gasteiger partial charge on any atom is 0.309 e. The molecule has 0 aliphatic heterocycles. The van der Waals surface area contributed by atoms with Crippen molar-refractivity contribution in [3.05, 3.63) is 95.9 Å². The van der Waals surface area contributed by atoms with Crippen molar-refractivity contribution in [2.75, 3.05) is 6.54 Å². The van der Waals surface area contributed by atoms with E-state index in [4.69, 9.17) is 4.42 Å². The van der Waals surface area contributed by atoms with Crippen LogP contribution < -0.4 is 10.6 Å². The zero-order valence-corrected chi connectivity index (χ0v) is 14.2. The minimum atomic E-state index is -0.679. The zero-order valence-electron chi connectivity index (χ0n) is 14.2. The highest BCUT2D eigenvalue weighted by molar-refractivity contribution is 6.35. The van der Waals surface area contributed by atoms with Crippen LogP contribution in [0.2, 0.25) is 0 Å². The maximum atomic E-state index is 12.1. The van der Waals surface area contributed by atoms with E-state index in [-0.39, 0.29) is 12.5 Å². The Morgan fingerprint density at radius 1 is 0.769 bits per heavy atom. The van der Waals surface area contributed by atoms with E-state index in [9.17, 15) is 9.59 Å². The van der Waals surface area contributed by atoms with Gasteiger partial charge in [0, 0.05) is 12.5 Å². The van der Waals surface area contributed by atoms with Gasteiger partial charge in [-0.3, -0.25) is 9.59 Å². The predicted octanol–water partition coefficient (Wildman–Crippen LogP) is 2.84. The molecular weight excluding hydrogens is 328 g/mol. The van der Waals surface area contributed by atoms with Gasteiger partial charge in [0.1, 0.15) is 5.76 Å². The summed E-state index contributed by atoms with van der Waals surface area (Å²) >= 11 is 0. The SMILES string of the molecule is O=C(NCc1ccco1)C(=O)NCC(c1ccccc1)c1ccccc1. The van der Waals surface area contributed by atoms with Gasteiger partial charge in [-0.15, -0.1) is 0 Å².